The highest BCUT2D eigenvalue weighted by Crippen LogP contribution is 2.24. The lowest BCUT2D eigenvalue weighted by atomic mass is 10.1. The summed E-state index contributed by atoms with van der Waals surface area (Å²) in [5, 5.41) is 6.47. The Kier molecular flexibility index (Phi) is 2.90. The van der Waals surface area contributed by atoms with Crippen molar-refractivity contribution in [1.82, 2.24) is 15.0 Å². The Labute approximate surface area is 109 Å². The molecule has 0 atom stereocenters. The normalized spacial score (nSPS) is 10.7. The maximum atomic E-state index is 4.29. The van der Waals surface area contributed by atoms with Crippen LogP contribution in [0.5, 0.6) is 0 Å². The Morgan fingerprint density at radius 3 is 3.11 bits per heavy atom. The average Bonchev–Trinajstić information content (AvgIpc) is 2.86. The van der Waals surface area contributed by atoms with Crippen LogP contribution in [0.25, 0.3) is 10.2 Å². The van der Waals surface area contributed by atoms with Crippen molar-refractivity contribution in [3.8, 4) is 0 Å². The lowest BCUT2D eigenvalue weighted by Crippen LogP contribution is -2.03. The summed E-state index contributed by atoms with van der Waals surface area (Å²) >= 11 is 1.63. The summed E-state index contributed by atoms with van der Waals surface area (Å²) in [4.78, 5) is 13.6. The van der Waals surface area contributed by atoms with Gasteiger partial charge in [0.25, 0.3) is 0 Å². The molecule has 3 aromatic rings. The van der Waals surface area contributed by atoms with Gasteiger partial charge in [0.1, 0.15) is 17.0 Å². The first kappa shape index (κ1) is 11.1. The lowest BCUT2D eigenvalue weighted by molar-refractivity contribution is 1.07. The standard InChI is InChI=1S/C13H12N4S/c1-9-6-14-4-2-10(9)7-15-12-11-3-5-18-13(11)17-8-16-12/h2-6,8H,7H2,1H3,(H,15,16,17). The Balaban J connectivity index is 1.85. The number of nitrogens with zero attached hydrogens (tertiary/aromatic N) is 3. The topological polar surface area (TPSA) is 50.7 Å². The molecule has 0 saturated carbocycles. The smallest absolute Gasteiger partial charge is 0.138 e. The number of thiophene rings is 1. The van der Waals surface area contributed by atoms with Gasteiger partial charge in [0.2, 0.25) is 0 Å². The van der Waals surface area contributed by atoms with Crippen molar-refractivity contribution in [2.45, 2.75) is 13.5 Å². The molecule has 3 aromatic heterocycles. The minimum absolute atomic E-state index is 0.746. The van der Waals surface area contributed by atoms with Crippen molar-refractivity contribution < 1.29 is 0 Å². The second kappa shape index (κ2) is 4.70. The molecule has 0 aliphatic carbocycles. The van der Waals surface area contributed by atoms with Crippen LogP contribution in [-0.4, -0.2) is 15.0 Å². The van der Waals surface area contributed by atoms with E-state index in [1.807, 2.05) is 29.9 Å². The average molecular weight is 256 g/mol. The number of rotatable bonds is 3. The van der Waals surface area contributed by atoms with Gasteiger partial charge in [-0.15, -0.1) is 11.3 Å². The van der Waals surface area contributed by atoms with Crippen LogP contribution in [0.3, 0.4) is 0 Å². The summed E-state index contributed by atoms with van der Waals surface area (Å²) in [5.41, 5.74) is 2.41. The van der Waals surface area contributed by atoms with E-state index in [-0.39, 0.29) is 0 Å². The fraction of sp³-hybridized carbons (Fsp3) is 0.154. The van der Waals surface area contributed by atoms with Crippen LogP contribution in [-0.2, 0) is 6.54 Å². The summed E-state index contributed by atoms with van der Waals surface area (Å²) in [7, 11) is 0. The van der Waals surface area contributed by atoms with Crippen LogP contribution in [0, 0.1) is 6.92 Å². The molecule has 0 bridgehead atoms. The van der Waals surface area contributed by atoms with E-state index in [4.69, 9.17) is 0 Å². The van der Waals surface area contributed by atoms with E-state index in [1.165, 1.54) is 11.1 Å². The molecular formula is C13H12N4S. The fourth-order valence-corrected chi connectivity index (χ4v) is 2.54. The monoisotopic (exact) mass is 256 g/mol. The summed E-state index contributed by atoms with van der Waals surface area (Å²) in [6.07, 6.45) is 5.28. The maximum Gasteiger partial charge on any atom is 0.138 e. The Hall–Kier alpha value is -2.01. The van der Waals surface area contributed by atoms with Gasteiger partial charge in [-0.25, -0.2) is 9.97 Å². The van der Waals surface area contributed by atoms with E-state index in [0.717, 1.165) is 22.6 Å². The van der Waals surface area contributed by atoms with Crippen LogP contribution >= 0.6 is 11.3 Å². The first-order valence-corrected chi connectivity index (χ1v) is 6.54. The highest BCUT2D eigenvalue weighted by Gasteiger charge is 2.04. The third-order valence-corrected chi connectivity index (χ3v) is 3.67. The SMILES string of the molecule is Cc1cnccc1CNc1ncnc2sccc12. The second-order valence-corrected chi connectivity index (χ2v) is 4.91. The third-order valence-electron chi connectivity index (χ3n) is 2.84. The highest BCUT2D eigenvalue weighted by atomic mass is 32.1. The van der Waals surface area contributed by atoms with Crippen LogP contribution in [0.15, 0.2) is 36.2 Å². The molecule has 0 aromatic carbocycles. The van der Waals surface area contributed by atoms with Crippen molar-refractivity contribution in [2.75, 3.05) is 5.32 Å². The number of aromatic nitrogens is 3. The molecule has 0 amide bonds. The predicted octanol–water partition coefficient (Wildman–Crippen LogP) is 3.01. The van der Waals surface area contributed by atoms with Gasteiger partial charge in [0, 0.05) is 18.9 Å². The fourth-order valence-electron chi connectivity index (χ4n) is 1.81. The zero-order valence-electron chi connectivity index (χ0n) is 9.92. The summed E-state index contributed by atoms with van der Waals surface area (Å²) in [6.45, 7) is 2.81. The van der Waals surface area contributed by atoms with E-state index in [9.17, 15) is 0 Å². The quantitative estimate of drug-likeness (QED) is 0.782. The number of anilines is 1. The lowest BCUT2D eigenvalue weighted by Gasteiger charge is -2.08. The molecule has 1 N–H and O–H groups in total. The zero-order valence-corrected chi connectivity index (χ0v) is 10.7. The molecule has 4 nitrogen and oxygen atoms in total. The summed E-state index contributed by atoms with van der Waals surface area (Å²) in [5.74, 6) is 0.887. The van der Waals surface area contributed by atoms with E-state index in [0.29, 0.717) is 0 Å². The van der Waals surface area contributed by atoms with E-state index in [1.54, 1.807) is 17.7 Å². The molecule has 18 heavy (non-hydrogen) atoms. The molecule has 0 unspecified atom stereocenters. The molecule has 0 radical (unpaired) electrons. The van der Waals surface area contributed by atoms with E-state index in [2.05, 4.69) is 27.2 Å². The van der Waals surface area contributed by atoms with Crippen molar-refractivity contribution in [2.24, 2.45) is 0 Å². The summed E-state index contributed by atoms with van der Waals surface area (Å²) < 4.78 is 0. The van der Waals surface area contributed by atoms with Gasteiger partial charge in [-0.05, 0) is 35.6 Å². The van der Waals surface area contributed by atoms with Gasteiger partial charge in [-0.3, -0.25) is 4.98 Å². The molecule has 0 aliphatic rings. The van der Waals surface area contributed by atoms with Crippen LogP contribution in [0.4, 0.5) is 5.82 Å². The summed E-state index contributed by atoms with van der Waals surface area (Å²) in [6, 6.07) is 4.07. The van der Waals surface area contributed by atoms with Gasteiger partial charge in [-0.1, -0.05) is 0 Å². The van der Waals surface area contributed by atoms with Gasteiger partial charge >= 0.3 is 0 Å². The van der Waals surface area contributed by atoms with Crippen molar-refractivity contribution in [1.29, 1.82) is 0 Å². The molecule has 3 heterocycles. The minimum Gasteiger partial charge on any atom is -0.365 e. The van der Waals surface area contributed by atoms with Crippen molar-refractivity contribution in [3.63, 3.8) is 0 Å². The van der Waals surface area contributed by atoms with Gasteiger partial charge in [0.15, 0.2) is 0 Å². The molecule has 90 valence electrons. The molecule has 5 heteroatoms. The number of aryl methyl sites for hydroxylation is 1. The molecular weight excluding hydrogens is 244 g/mol. The molecule has 0 spiro atoms. The van der Waals surface area contributed by atoms with Gasteiger partial charge in [-0.2, -0.15) is 0 Å². The number of hydrogen-bond acceptors (Lipinski definition) is 5. The minimum atomic E-state index is 0.746. The third kappa shape index (κ3) is 2.04. The first-order valence-electron chi connectivity index (χ1n) is 5.66. The van der Waals surface area contributed by atoms with E-state index >= 15 is 0 Å². The number of nitrogens with one attached hydrogen (secondary N) is 1. The largest absolute Gasteiger partial charge is 0.365 e. The second-order valence-electron chi connectivity index (χ2n) is 4.02. The molecule has 3 rings (SSSR count). The van der Waals surface area contributed by atoms with Crippen molar-refractivity contribution >= 4 is 27.4 Å². The van der Waals surface area contributed by atoms with Crippen LogP contribution in [0.1, 0.15) is 11.1 Å². The van der Waals surface area contributed by atoms with Crippen molar-refractivity contribution in [3.05, 3.63) is 47.4 Å². The number of hydrogen-bond donors (Lipinski definition) is 1. The predicted molar refractivity (Wildman–Crippen MR) is 73.7 cm³/mol. The van der Waals surface area contributed by atoms with Crippen LogP contribution in [0.2, 0.25) is 0 Å². The van der Waals surface area contributed by atoms with Gasteiger partial charge < -0.3 is 5.32 Å². The number of pyridine rings is 1. The molecule has 0 fully saturated rings. The Bertz CT molecular complexity index is 677. The Morgan fingerprint density at radius 1 is 1.28 bits per heavy atom. The highest BCUT2D eigenvalue weighted by molar-refractivity contribution is 7.16. The van der Waals surface area contributed by atoms with Crippen LogP contribution < -0.4 is 5.32 Å². The first-order chi connectivity index (χ1) is 8.84. The zero-order chi connectivity index (χ0) is 12.4. The van der Waals surface area contributed by atoms with Gasteiger partial charge in [0.05, 0.1) is 5.39 Å². The van der Waals surface area contributed by atoms with E-state index < -0.39 is 0 Å². The Morgan fingerprint density at radius 2 is 2.22 bits per heavy atom. The molecule has 0 saturated heterocycles. The molecule has 0 aliphatic heterocycles. The number of fused-ring (bicyclic) bond motifs is 1. The maximum absolute atomic E-state index is 4.29.